The molecule has 3 aromatic heterocycles. The predicted molar refractivity (Wildman–Crippen MR) is 140 cm³/mol. The molecule has 0 atom stereocenters. The van der Waals surface area contributed by atoms with Crippen molar-refractivity contribution in [3.63, 3.8) is 0 Å². The largest absolute Gasteiger partial charge is 0.382 e. The van der Waals surface area contributed by atoms with Gasteiger partial charge in [0.2, 0.25) is 5.95 Å². The van der Waals surface area contributed by atoms with Crippen LogP contribution in [0.25, 0.3) is 16.6 Å². The number of fused-ring (bicyclic) bond motifs is 1. The lowest BCUT2D eigenvalue weighted by atomic mass is 10.1. The Morgan fingerprint density at radius 2 is 1.92 bits per heavy atom. The smallest absolute Gasteiger partial charge is 0.259 e. The Morgan fingerprint density at radius 1 is 1.14 bits per heavy atom. The number of carbonyl (C=O) groups is 1. The Labute approximate surface area is 211 Å². The molecular formula is C24H26FN11O. The summed E-state index contributed by atoms with van der Waals surface area (Å²) in [5, 5.41) is 12.5. The van der Waals surface area contributed by atoms with Crippen LogP contribution < -0.4 is 21.3 Å². The van der Waals surface area contributed by atoms with Crippen LogP contribution in [-0.2, 0) is 0 Å². The summed E-state index contributed by atoms with van der Waals surface area (Å²) in [5.41, 5.74) is 8.69. The molecule has 4 aromatic rings. The molecule has 0 bridgehead atoms. The lowest BCUT2D eigenvalue weighted by molar-refractivity contribution is 0.102. The van der Waals surface area contributed by atoms with Crippen molar-refractivity contribution < 1.29 is 9.18 Å². The summed E-state index contributed by atoms with van der Waals surface area (Å²) in [6.45, 7) is 8.91. The van der Waals surface area contributed by atoms with E-state index in [1.165, 1.54) is 24.5 Å². The van der Waals surface area contributed by atoms with Gasteiger partial charge < -0.3 is 26.2 Å². The summed E-state index contributed by atoms with van der Waals surface area (Å²) in [4.78, 5) is 34.7. The fourth-order valence-electron chi connectivity index (χ4n) is 3.90. The van der Waals surface area contributed by atoms with Crippen molar-refractivity contribution in [2.45, 2.75) is 6.92 Å². The van der Waals surface area contributed by atoms with Gasteiger partial charge in [-0.15, -0.1) is 0 Å². The van der Waals surface area contributed by atoms with E-state index in [4.69, 9.17) is 5.73 Å². The van der Waals surface area contributed by atoms with E-state index < -0.39 is 11.7 Å². The van der Waals surface area contributed by atoms with E-state index >= 15 is 0 Å². The fourth-order valence-corrected chi connectivity index (χ4v) is 3.90. The first-order valence-corrected chi connectivity index (χ1v) is 11.6. The number of nitrogens with one attached hydrogen (secondary N) is 3. The lowest BCUT2D eigenvalue weighted by Gasteiger charge is -2.32. The Balaban J connectivity index is 1.42. The molecule has 5 rings (SSSR count). The van der Waals surface area contributed by atoms with Crippen LogP contribution in [0, 0.1) is 5.82 Å². The average Bonchev–Trinajstić information content (AvgIpc) is 3.35. The summed E-state index contributed by atoms with van der Waals surface area (Å²) < 4.78 is 14.6. The van der Waals surface area contributed by atoms with E-state index in [0.29, 0.717) is 34.2 Å². The first kappa shape index (κ1) is 24.1. The van der Waals surface area contributed by atoms with E-state index in [-0.39, 0.29) is 17.2 Å². The monoisotopic (exact) mass is 503 g/mol. The van der Waals surface area contributed by atoms with Gasteiger partial charge in [-0.2, -0.15) is 10.1 Å². The summed E-state index contributed by atoms with van der Waals surface area (Å²) in [5.74, 6) is -0.00971. The third-order valence-corrected chi connectivity index (χ3v) is 6.04. The Hall–Kier alpha value is -4.65. The van der Waals surface area contributed by atoms with Crippen molar-refractivity contribution in [2.24, 2.45) is 0 Å². The molecule has 0 radical (unpaired) electrons. The van der Waals surface area contributed by atoms with E-state index in [1.807, 2.05) is 0 Å². The molecular weight excluding hydrogens is 477 g/mol. The Kier molecular flexibility index (Phi) is 6.36. The van der Waals surface area contributed by atoms with Gasteiger partial charge in [0, 0.05) is 37.9 Å². The number of aromatic nitrogens is 6. The second-order valence-electron chi connectivity index (χ2n) is 8.84. The zero-order valence-corrected chi connectivity index (χ0v) is 20.4. The number of rotatable bonds is 6. The van der Waals surface area contributed by atoms with Gasteiger partial charge in [0.1, 0.15) is 23.2 Å². The number of anilines is 5. The molecule has 1 saturated heterocycles. The zero-order valence-electron chi connectivity index (χ0n) is 20.4. The topological polar surface area (TPSA) is 154 Å². The molecule has 0 spiro atoms. The standard InChI is InChI=1S/C24H26FN11O/c1-13(2)17-11-18(34-33-17)30-23(37)15-10-14(4-5-16(15)25)29-22-20-19(27-12-28-22)21(26)32-24(31-20)36-8-6-35(3)7-9-36/h4-5,10-12H,1,6-9H2,2-3H3,(H2,26,31,32)(H,27,28,29)(H2,30,33,34,37). The highest BCUT2D eigenvalue weighted by Crippen LogP contribution is 2.27. The Morgan fingerprint density at radius 3 is 2.65 bits per heavy atom. The minimum Gasteiger partial charge on any atom is -0.382 e. The molecule has 1 aromatic carbocycles. The predicted octanol–water partition coefficient (Wildman–Crippen LogP) is 2.65. The van der Waals surface area contributed by atoms with Gasteiger partial charge in [0.05, 0.1) is 11.3 Å². The van der Waals surface area contributed by atoms with Gasteiger partial charge in [-0.25, -0.2) is 19.3 Å². The quantitative estimate of drug-likeness (QED) is 0.309. The van der Waals surface area contributed by atoms with Crippen molar-refractivity contribution in [1.82, 2.24) is 35.0 Å². The summed E-state index contributed by atoms with van der Waals surface area (Å²) in [7, 11) is 2.06. The number of carbonyl (C=O) groups excluding carboxylic acids is 1. The van der Waals surface area contributed by atoms with Crippen molar-refractivity contribution >= 4 is 51.6 Å². The zero-order chi connectivity index (χ0) is 26.1. The highest BCUT2D eigenvalue weighted by molar-refractivity contribution is 6.05. The second-order valence-corrected chi connectivity index (χ2v) is 8.84. The number of amides is 1. The first-order chi connectivity index (χ1) is 17.8. The average molecular weight is 504 g/mol. The molecule has 37 heavy (non-hydrogen) atoms. The molecule has 5 N–H and O–H groups in total. The van der Waals surface area contributed by atoms with E-state index in [0.717, 1.165) is 31.8 Å². The van der Waals surface area contributed by atoms with Gasteiger partial charge in [-0.1, -0.05) is 6.58 Å². The number of aromatic amines is 1. The Bertz CT molecular complexity index is 1490. The van der Waals surface area contributed by atoms with E-state index in [1.54, 1.807) is 13.0 Å². The van der Waals surface area contributed by atoms with Crippen LogP contribution in [0.15, 0.2) is 37.2 Å². The molecule has 1 aliphatic rings. The van der Waals surface area contributed by atoms with Crippen LogP contribution in [0.1, 0.15) is 23.0 Å². The number of piperazine rings is 1. The maximum Gasteiger partial charge on any atom is 0.259 e. The third kappa shape index (κ3) is 5.02. The minimum atomic E-state index is -0.685. The molecule has 0 aliphatic carbocycles. The normalized spacial score (nSPS) is 14.1. The van der Waals surface area contributed by atoms with Crippen LogP contribution in [0.2, 0.25) is 0 Å². The van der Waals surface area contributed by atoms with Crippen molar-refractivity contribution in [3.8, 4) is 0 Å². The third-order valence-electron chi connectivity index (χ3n) is 6.04. The molecule has 1 fully saturated rings. The van der Waals surface area contributed by atoms with Crippen LogP contribution >= 0.6 is 0 Å². The van der Waals surface area contributed by atoms with E-state index in [2.05, 4.69) is 64.2 Å². The van der Waals surface area contributed by atoms with Gasteiger partial charge >= 0.3 is 0 Å². The molecule has 0 saturated carbocycles. The number of hydrogen-bond acceptors (Lipinski definition) is 10. The van der Waals surface area contributed by atoms with Crippen molar-refractivity contribution in [2.75, 3.05) is 54.5 Å². The second kappa shape index (κ2) is 9.78. The molecule has 1 aliphatic heterocycles. The summed E-state index contributed by atoms with van der Waals surface area (Å²) in [6.07, 6.45) is 1.34. The number of allylic oxidation sites excluding steroid dienone is 1. The van der Waals surface area contributed by atoms with E-state index in [9.17, 15) is 9.18 Å². The molecule has 12 nitrogen and oxygen atoms in total. The SMILES string of the molecule is C=C(C)c1cc(NC(=O)c2cc(Nc3ncnc4c(N)nc(N5CCN(C)CC5)nc34)ccc2F)n[nH]1. The molecule has 4 heterocycles. The summed E-state index contributed by atoms with van der Waals surface area (Å²) >= 11 is 0. The van der Waals surface area contributed by atoms with Gasteiger partial charge in [0.25, 0.3) is 5.91 Å². The molecule has 13 heteroatoms. The van der Waals surface area contributed by atoms with Crippen molar-refractivity contribution in [1.29, 1.82) is 0 Å². The fraction of sp³-hybridized carbons (Fsp3) is 0.250. The molecule has 190 valence electrons. The maximum absolute atomic E-state index is 14.6. The number of nitrogens with zero attached hydrogens (tertiary/aromatic N) is 7. The molecule has 0 unspecified atom stereocenters. The first-order valence-electron chi connectivity index (χ1n) is 11.6. The van der Waals surface area contributed by atoms with Crippen molar-refractivity contribution in [3.05, 3.63) is 54.2 Å². The number of nitrogens with two attached hydrogens (primary N) is 1. The van der Waals surface area contributed by atoms with Gasteiger partial charge in [-0.05, 0) is 37.7 Å². The van der Waals surface area contributed by atoms with Crippen LogP contribution in [0.3, 0.4) is 0 Å². The van der Waals surface area contributed by atoms with Gasteiger partial charge in [0.15, 0.2) is 17.5 Å². The minimum absolute atomic E-state index is 0.171. The highest BCUT2D eigenvalue weighted by atomic mass is 19.1. The molecule has 1 amide bonds. The number of hydrogen-bond donors (Lipinski definition) is 4. The van der Waals surface area contributed by atoms with Crippen LogP contribution in [-0.4, -0.2) is 74.2 Å². The number of H-pyrrole nitrogens is 1. The lowest BCUT2D eigenvalue weighted by Crippen LogP contribution is -2.45. The number of nitrogen functional groups attached to an aromatic ring is 1. The number of halogens is 1. The highest BCUT2D eigenvalue weighted by Gasteiger charge is 2.20. The summed E-state index contributed by atoms with van der Waals surface area (Å²) in [6, 6.07) is 5.70. The number of likely N-dealkylation sites (N-methyl/N-ethyl adjacent to an activating group) is 1. The number of benzene rings is 1. The van der Waals surface area contributed by atoms with Gasteiger partial charge in [-0.3, -0.25) is 9.89 Å². The van der Waals surface area contributed by atoms with Crippen LogP contribution in [0.5, 0.6) is 0 Å². The van der Waals surface area contributed by atoms with Crippen LogP contribution in [0.4, 0.5) is 33.5 Å². The maximum atomic E-state index is 14.6.